The second-order valence-electron chi connectivity index (χ2n) is 6.52. The number of hydrogen-bond donors (Lipinski definition) is 1. The van der Waals surface area contributed by atoms with Crippen LogP contribution < -0.4 is 10.2 Å². The van der Waals surface area contributed by atoms with Crippen LogP contribution in [0.3, 0.4) is 0 Å². The molecule has 2 aliphatic heterocycles. The fraction of sp³-hybridized carbons (Fsp3) is 0.471. The standard InChI is InChI=1S/C17H20N6O2/c24-16(22-15-7-18-4-5-19-15)6-12-10-25-11-13-8-23(9-14(12)13)17-20-2-1-3-21-17/h1-5,7,12-14H,6,8-11H2,(H,19,22,24)/t12-,13-,14+/m1/s1. The van der Waals surface area contributed by atoms with Crippen molar-refractivity contribution in [2.24, 2.45) is 17.8 Å². The van der Waals surface area contributed by atoms with Crippen LogP contribution in [0.2, 0.25) is 0 Å². The van der Waals surface area contributed by atoms with Crippen LogP contribution in [0.15, 0.2) is 37.1 Å². The summed E-state index contributed by atoms with van der Waals surface area (Å²) < 4.78 is 5.76. The van der Waals surface area contributed by atoms with Gasteiger partial charge in [0.15, 0.2) is 5.82 Å². The summed E-state index contributed by atoms with van der Waals surface area (Å²) in [5, 5.41) is 2.81. The van der Waals surface area contributed by atoms with E-state index in [1.165, 1.54) is 0 Å². The van der Waals surface area contributed by atoms with E-state index in [0.29, 0.717) is 30.7 Å². The van der Waals surface area contributed by atoms with Crippen molar-refractivity contribution in [3.8, 4) is 0 Å². The minimum Gasteiger partial charge on any atom is -0.381 e. The van der Waals surface area contributed by atoms with Crippen LogP contribution in [0.1, 0.15) is 6.42 Å². The molecule has 2 fully saturated rings. The zero-order valence-electron chi connectivity index (χ0n) is 13.8. The predicted octanol–water partition coefficient (Wildman–Crippen LogP) is 0.994. The van der Waals surface area contributed by atoms with Gasteiger partial charge in [0.1, 0.15) is 0 Å². The third-order valence-corrected chi connectivity index (χ3v) is 4.87. The van der Waals surface area contributed by atoms with Gasteiger partial charge in [-0.3, -0.25) is 9.78 Å². The van der Waals surface area contributed by atoms with Gasteiger partial charge >= 0.3 is 0 Å². The molecule has 0 saturated carbocycles. The van der Waals surface area contributed by atoms with Gasteiger partial charge in [-0.25, -0.2) is 15.0 Å². The number of ether oxygens (including phenoxy) is 1. The molecule has 1 N–H and O–H groups in total. The van der Waals surface area contributed by atoms with Gasteiger partial charge in [0.05, 0.1) is 19.4 Å². The molecule has 0 bridgehead atoms. The average molecular weight is 340 g/mol. The summed E-state index contributed by atoms with van der Waals surface area (Å²) in [6.07, 6.45) is 8.61. The highest BCUT2D eigenvalue weighted by molar-refractivity contribution is 5.89. The van der Waals surface area contributed by atoms with E-state index in [1.807, 2.05) is 6.07 Å². The van der Waals surface area contributed by atoms with Crippen LogP contribution in [0, 0.1) is 17.8 Å². The van der Waals surface area contributed by atoms with Gasteiger partial charge in [-0.1, -0.05) is 0 Å². The molecule has 2 saturated heterocycles. The molecule has 2 aromatic rings. The van der Waals surface area contributed by atoms with Gasteiger partial charge in [0, 0.05) is 50.2 Å². The van der Waals surface area contributed by atoms with E-state index in [1.54, 1.807) is 31.0 Å². The van der Waals surface area contributed by atoms with E-state index in [-0.39, 0.29) is 11.8 Å². The lowest BCUT2D eigenvalue weighted by Crippen LogP contribution is -2.37. The van der Waals surface area contributed by atoms with Crippen molar-refractivity contribution in [3.05, 3.63) is 37.1 Å². The lowest BCUT2D eigenvalue weighted by atomic mass is 9.81. The number of nitrogens with zero attached hydrogens (tertiary/aromatic N) is 5. The van der Waals surface area contributed by atoms with Crippen LogP contribution >= 0.6 is 0 Å². The van der Waals surface area contributed by atoms with Crippen LogP contribution in [0.4, 0.5) is 11.8 Å². The molecule has 2 aliphatic rings. The second kappa shape index (κ2) is 7.10. The van der Waals surface area contributed by atoms with Crippen LogP contribution in [0.25, 0.3) is 0 Å². The third kappa shape index (κ3) is 3.58. The van der Waals surface area contributed by atoms with E-state index in [2.05, 4.69) is 30.2 Å². The summed E-state index contributed by atoms with van der Waals surface area (Å²) in [4.78, 5) is 31.3. The average Bonchev–Trinajstić information content (AvgIpc) is 3.09. The highest BCUT2D eigenvalue weighted by atomic mass is 16.5. The summed E-state index contributed by atoms with van der Waals surface area (Å²) in [5.41, 5.74) is 0. The van der Waals surface area contributed by atoms with E-state index in [0.717, 1.165) is 25.6 Å². The van der Waals surface area contributed by atoms with Crippen LogP contribution in [-0.4, -0.2) is 52.1 Å². The summed E-state index contributed by atoms with van der Waals surface area (Å²) in [7, 11) is 0. The lowest BCUT2D eigenvalue weighted by molar-refractivity contribution is -0.119. The van der Waals surface area contributed by atoms with E-state index >= 15 is 0 Å². The topological polar surface area (TPSA) is 93.1 Å². The van der Waals surface area contributed by atoms with Crippen LogP contribution in [-0.2, 0) is 9.53 Å². The van der Waals surface area contributed by atoms with Crippen molar-refractivity contribution < 1.29 is 9.53 Å². The Bertz CT molecular complexity index is 714. The normalized spacial score (nSPS) is 25.4. The highest BCUT2D eigenvalue weighted by Crippen LogP contribution is 2.36. The maximum absolute atomic E-state index is 12.3. The molecule has 4 rings (SSSR count). The van der Waals surface area contributed by atoms with E-state index < -0.39 is 0 Å². The minimum absolute atomic E-state index is 0.0517. The van der Waals surface area contributed by atoms with Crippen molar-refractivity contribution in [1.29, 1.82) is 0 Å². The molecule has 0 aromatic carbocycles. The van der Waals surface area contributed by atoms with Crippen molar-refractivity contribution in [3.63, 3.8) is 0 Å². The molecular formula is C17H20N6O2. The summed E-state index contributed by atoms with van der Waals surface area (Å²) in [5.74, 6) is 2.18. The number of carbonyl (C=O) groups is 1. The largest absolute Gasteiger partial charge is 0.381 e. The number of fused-ring (bicyclic) bond motifs is 1. The number of nitrogens with one attached hydrogen (secondary N) is 1. The maximum atomic E-state index is 12.3. The zero-order chi connectivity index (χ0) is 17.1. The Kier molecular flexibility index (Phi) is 4.51. The molecule has 8 heteroatoms. The molecule has 2 aromatic heterocycles. The zero-order valence-corrected chi connectivity index (χ0v) is 13.8. The first-order chi connectivity index (χ1) is 12.3. The fourth-order valence-electron chi connectivity index (χ4n) is 3.72. The highest BCUT2D eigenvalue weighted by Gasteiger charge is 2.42. The van der Waals surface area contributed by atoms with Gasteiger partial charge in [0.2, 0.25) is 11.9 Å². The number of carbonyl (C=O) groups excluding carboxylic acids is 1. The first kappa shape index (κ1) is 15.9. The first-order valence-electron chi connectivity index (χ1n) is 8.45. The molecule has 0 radical (unpaired) electrons. The van der Waals surface area contributed by atoms with Crippen molar-refractivity contribution in [2.45, 2.75) is 6.42 Å². The quantitative estimate of drug-likeness (QED) is 0.887. The van der Waals surface area contributed by atoms with Crippen LogP contribution in [0.5, 0.6) is 0 Å². The first-order valence-corrected chi connectivity index (χ1v) is 8.45. The molecule has 25 heavy (non-hydrogen) atoms. The molecule has 0 aliphatic carbocycles. The molecular weight excluding hydrogens is 320 g/mol. The minimum atomic E-state index is -0.0517. The van der Waals surface area contributed by atoms with Crippen molar-refractivity contribution in [2.75, 3.05) is 36.5 Å². The van der Waals surface area contributed by atoms with Gasteiger partial charge < -0.3 is 15.0 Å². The SMILES string of the molecule is O=C(C[C@@H]1COC[C@H]2CN(c3ncccn3)C[C@@H]12)Nc1cnccn1. The molecule has 0 spiro atoms. The molecule has 8 nitrogen and oxygen atoms in total. The Morgan fingerprint density at radius 2 is 2.04 bits per heavy atom. The summed E-state index contributed by atoms with van der Waals surface area (Å²) in [6.45, 7) is 3.08. The number of rotatable bonds is 4. The van der Waals surface area contributed by atoms with Crippen molar-refractivity contribution in [1.82, 2.24) is 19.9 Å². The molecule has 3 atom stereocenters. The number of aromatic nitrogens is 4. The fourth-order valence-corrected chi connectivity index (χ4v) is 3.72. The number of anilines is 2. The smallest absolute Gasteiger partial charge is 0.225 e. The van der Waals surface area contributed by atoms with Crippen molar-refractivity contribution >= 4 is 17.7 Å². The Morgan fingerprint density at radius 3 is 2.84 bits per heavy atom. The van der Waals surface area contributed by atoms with E-state index in [4.69, 9.17) is 4.74 Å². The maximum Gasteiger partial charge on any atom is 0.225 e. The van der Waals surface area contributed by atoms with Gasteiger partial charge in [0.25, 0.3) is 0 Å². The molecule has 4 heterocycles. The molecule has 0 unspecified atom stereocenters. The second-order valence-corrected chi connectivity index (χ2v) is 6.52. The Labute approximate surface area is 145 Å². The Morgan fingerprint density at radius 1 is 1.16 bits per heavy atom. The third-order valence-electron chi connectivity index (χ3n) is 4.87. The number of amides is 1. The molecule has 130 valence electrons. The molecule has 1 amide bonds. The van der Waals surface area contributed by atoms with Gasteiger partial charge in [-0.2, -0.15) is 0 Å². The number of hydrogen-bond acceptors (Lipinski definition) is 7. The monoisotopic (exact) mass is 340 g/mol. The van der Waals surface area contributed by atoms with Gasteiger partial charge in [-0.15, -0.1) is 0 Å². The lowest BCUT2D eigenvalue weighted by Gasteiger charge is -2.32. The Balaban J connectivity index is 1.40. The summed E-state index contributed by atoms with van der Waals surface area (Å²) >= 11 is 0. The van der Waals surface area contributed by atoms with Gasteiger partial charge in [-0.05, 0) is 17.9 Å². The predicted molar refractivity (Wildman–Crippen MR) is 90.8 cm³/mol. The summed E-state index contributed by atoms with van der Waals surface area (Å²) in [6, 6.07) is 1.81. The van der Waals surface area contributed by atoms with E-state index in [9.17, 15) is 4.79 Å². The Hall–Kier alpha value is -2.61.